The monoisotopic (exact) mass is 267 g/mol. The van der Waals surface area contributed by atoms with Gasteiger partial charge in [0, 0.05) is 18.5 Å². The lowest BCUT2D eigenvalue weighted by Crippen LogP contribution is -2.23. The van der Waals surface area contributed by atoms with E-state index in [9.17, 15) is 0 Å². The Kier molecular flexibility index (Phi) is 3.37. The Morgan fingerprint density at radius 1 is 1.00 bits per heavy atom. The number of rotatable bonds is 4. The highest BCUT2D eigenvalue weighted by atomic mass is 16.3. The molecule has 0 unspecified atom stereocenters. The number of aromatic nitrogens is 2. The summed E-state index contributed by atoms with van der Waals surface area (Å²) in [6, 6.07) is 11.8. The van der Waals surface area contributed by atoms with Crippen LogP contribution >= 0.6 is 0 Å². The molecule has 0 amide bonds. The van der Waals surface area contributed by atoms with Crippen LogP contribution in [0.2, 0.25) is 0 Å². The molecule has 3 rings (SSSR count). The third-order valence-corrected chi connectivity index (χ3v) is 3.39. The largest absolute Gasteiger partial charge is 0.461 e. The molecule has 102 valence electrons. The summed E-state index contributed by atoms with van der Waals surface area (Å²) in [5, 5.41) is 1.08. The number of nitrogens with zero attached hydrogens (tertiary/aromatic N) is 3. The third kappa shape index (κ3) is 2.13. The predicted molar refractivity (Wildman–Crippen MR) is 80.8 cm³/mol. The van der Waals surface area contributed by atoms with Crippen molar-refractivity contribution in [1.82, 2.24) is 9.97 Å². The molecule has 0 bridgehead atoms. The van der Waals surface area contributed by atoms with E-state index >= 15 is 0 Å². The number of hydrogen-bond donors (Lipinski definition) is 0. The molecule has 1 aromatic carbocycles. The van der Waals surface area contributed by atoms with Crippen molar-refractivity contribution in [1.29, 1.82) is 0 Å². The van der Waals surface area contributed by atoms with Crippen LogP contribution in [0.4, 0.5) is 5.82 Å². The molecule has 3 aromatic rings. The fraction of sp³-hybridized carbons (Fsp3) is 0.250. The second-order valence-corrected chi connectivity index (χ2v) is 4.54. The summed E-state index contributed by atoms with van der Waals surface area (Å²) in [6.45, 7) is 6.09. The van der Waals surface area contributed by atoms with Gasteiger partial charge in [-0.2, -0.15) is 0 Å². The zero-order valence-corrected chi connectivity index (χ0v) is 11.7. The van der Waals surface area contributed by atoms with Crippen LogP contribution in [0.3, 0.4) is 0 Å². The fourth-order valence-electron chi connectivity index (χ4n) is 2.34. The highest BCUT2D eigenvalue weighted by molar-refractivity contribution is 5.90. The molecule has 0 spiro atoms. The summed E-state index contributed by atoms with van der Waals surface area (Å²) >= 11 is 0. The van der Waals surface area contributed by atoms with Gasteiger partial charge in [-0.05, 0) is 38.1 Å². The molecule has 2 heterocycles. The Hall–Kier alpha value is -2.36. The molecular formula is C16H17N3O. The summed E-state index contributed by atoms with van der Waals surface area (Å²) in [5.74, 6) is 2.30. The van der Waals surface area contributed by atoms with Crippen LogP contribution in [0.25, 0.3) is 22.5 Å². The van der Waals surface area contributed by atoms with Gasteiger partial charge in [0.15, 0.2) is 11.6 Å². The number of benzene rings is 1. The standard InChI is InChI=1S/C16H17N3O/c1-3-19(4-2)16-12-8-5-6-9-13(12)17-15(18-16)14-10-7-11-20-14/h5-11H,3-4H2,1-2H3. The molecule has 0 saturated carbocycles. The van der Waals surface area contributed by atoms with Gasteiger partial charge in [0.25, 0.3) is 0 Å². The smallest absolute Gasteiger partial charge is 0.198 e. The summed E-state index contributed by atoms with van der Waals surface area (Å²) in [5.41, 5.74) is 0.941. The normalized spacial score (nSPS) is 10.9. The molecule has 2 aromatic heterocycles. The first kappa shape index (κ1) is 12.7. The Morgan fingerprint density at radius 2 is 1.80 bits per heavy atom. The average Bonchev–Trinajstić information content (AvgIpc) is 3.02. The maximum absolute atomic E-state index is 5.43. The lowest BCUT2D eigenvalue weighted by atomic mass is 10.2. The quantitative estimate of drug-likeness (QED) is 0.722. The zero-order valence-electron chi connectivity index (χ0n) is 11.7. The molecule has 0 saturated heterocycles. The van der Waals surface area contributed by atoms with Gasteiger partial charge in [-0.15, -0.1) is 0 Å². The van der Waals surface area contributed by atoms with E-state index < -0.39 is 0 Å². The Morgan fingerprint density at radius 3 is 2.50 bits per heavy atom. The molecule has 4 nitrogen and oxygen atoms in total. The van der Waals surface area contributed by atoms with E-state index in [2.05, 4.69) is 29.8 Å². The number of para-hydroxylation sites is 1. The van der Waals surface area contributed by atoms with Gasteiger partial charge in [0.2, 0.25) is 0 Å². The number of fused-ring (bicyclic) bond motifs is 1. The van der Waals surface area contributed by atoms with Gasteiger partial charge in [0.05, 0.1) is 11.8 Å². The Labute approximate surface area is 118 Å². The highest BCUT2D eigenvalue weighted by Crippen LogP contribution is 2.27. The van der Waals surface area contributed by atoms with Crippen molar-refractivity contribution < 1.29 is 4.42 Å². The highest BCUT2D eigenvalue weighted by Gasteiger charge is 2.14. The van der Waals surface area contributed by atoms with E-state index in [4.69, 9.17) is 9.40 Å². The van der Waals surface area contributed by atoms with Crippen molar-refractivity contribution in [3.63, 3.8) is 0 Å². The predicted octanol–water partition coefficient (Wildman–Crippen LogP) is 3.74. The van der Waals surface area contributed by atoms with E-state index in [1.54, 1.807) is 6.26 Å². The zero-order chi connectivity index (χ0) is 13.9. The Balaban J connectivity index is 2.25. The van der Waals surface area contributed by atoms with Crippen LogP contribution in [0.1, 0.15) is 13.8 Å². The van der Waals surface area contributed by atoms with Crippen LogP contribution in [0.5, 0.6) is 0 Å². The van der Waals surface area contributed by atoms with Gasteiger partial charge in [-0.3, -0.25) is 0 Å². The first-order valence-electron chi connectivity index (χ1n) is 6.89. The van der Waals surface area contributed by atoms with Crippen molar-refractivity contribution >= 4 is 16.7 Å². The topological polar surface area (TPSA) is 42.2 Å². The van der Waals surface area contributed by atoms with Crippen molar-refractivity contribution in [2.24, 2.45) is 0 Å². The van der Waals surface area contributed by atoms with Crippen molar-refractivity contribution in [2.45, 2.75) is 13.8 Å². The molecule has 0 atom stereocenters. The molecule has 0 fully saturated rings. The summed E-state index contributed by atoms with van der Waals surface area (Å²) in [4.78, 5) is 11.5. The molecule has 4 heteroatoms. The maximum atomic E-state index is 5.43. The maximum Gasteiger partial charge on any atom is 0.198 e. The van der Waals surface area contributed by atoms with E-state index in [-0.39, 0.29) is 0 Å². The van der Waals surface area contributed by atoms with Gasteiger partial charge in [0.1, 0.15) is 5.82 Å². The van der Waals surface area contributed by atoms with Crippen molar-refractivity contribution in [3.8, 4) is 11.6 Å². The van der Waals surface area contributed by atoms with Crippen LogP contribution in [0, 0.1) is 0 Å². The molecule has 0 aliphatic heterocycles. The van der Waals surface area contributed by atoms with Crippen molar-refractivity contribution in [3.05, 3.63) is 42.7 Å². The molecule has 0 aliphatic rings. The van der Waals surface area contributed by atoms with E-state index in [1.807, 2.05) is 30.3 Å². The molecule has 20 heavy (non-hydrogen) atoms. The second kappa shape index (κ2) is 5.33. The van der Waals surface area contributed by atoms with Gasteiger partial charge in [-0.1, -0.05) is 12.1 Å². The minimum Gasteiger partial charge on any atom is -0.461 e. The second-order valence-electron chi connectivity index (χ2n) is 4.54. The molecule has 0 aliphatic carbocycles. The minimum atomic E-state index is 0.635. The van der Waals surface area contributed by atoms with Crippen LogP contribution in [-0.4, -0.2) is 23.1 Å². The first-order valence-corrected chi connectivity index (χ1v) is 6.89. The van der Waals surface area contributed by atoms with E-state index in [1.165, 1.54) is 0 Å². The summed E-state index contributed by atoms with van der Waals surface area (Å²) in [6.07, 6.45) is 1.64. The lowest BCUT2D eigenvalue weighted by Gasteiger charge is -2.21. The molecular weight excluding hydrogens is 250 g/mol. The molecule has 0 N–H and O–H groups in total. The average molecular weight is 267 g/mol. The molecule has 0 radical (unpaired) electrons. The third-order valence-electron chi connectivity index (χ3n) is 3.39. The first-order chi connectivity index (χ1) is 9.83. The number of anilines is 1. The number of hydrogen-bond acceptors (Lipinski definition) is 4. The van der Waals surface area contributed by atoms with Crippen LogP contribution in [0.15, 0.2) is 47.1 Å². The minimum absolute atomic E-state index is 0.635. The van der Waals surface area contributed by atoms with E-state index in [0.717, 1.165) is 29.8 Å². The van der Waals surface area contributed by atoms with Crippen LogP contribution in [-0.2, 0) is 0 Å². The SMILES string of the molecule is CCN(CC)c1nc(-c2ccco2)nc2ccccc12. The Bertz CT molecular complexity index is 703. The van der Waals surface area contributed by atoms with E-state index in [0.29, 0.717) is 11.6 Å². The van der Waals surface area contributed by atoms with Crippen LogP contribution < -0.4 is 4.90 Å². The van der Waals surface area contributed by atoms with Crippen molar-refractivity contribution in [2.75, 3.05) is 18.0 Å². The summed E-state index contributed by atoms with van der Waals surface area (Å²) < 4.78 is 5.43. The fourth-order valence-corrected chi connectivity index (χ4v) is 2.34. The van der Waals surface area contributed by atoms with Gasteiger partial charge in [-0.25, -0.2) is 9.97 Å². The summed E-state index contributed by atoms with van der Waals surface area (Å²) in [7, 11) is 0. The van der Waals surface area contributed by atoms with Gasteiger partial charge >= 0.3 is 0 Å². The van der Waals surface area contributed by atoms with Gasteiger partial charge < -0.3 is 9.32 Å². The number of furan rings is 1. The lowest BCUT2D eigenvalue weighted by molar-refractivity contribution is 0.577.